The number of nitrogens with zero attached hydrogens (tertiary/aromatic N) is 1. The molecule has 0 N–H and O–H groups in total. The number of benzene rings is 1. The van der Waals surface area contributed by atoms with E-state index in [2.05, 4.69) is 0 Å². The molecule has 0 saturated carbocycles. The number of anilines is 2. The Bertz CT molecular complexity index is 640. The van der Waals surface area contributed by atoms with Crippen LogP contribution < -0.4 is 9.64 Å². The first kappa shape index (κ1) is 14.4. The minimum absolute atomic E-state index is 0.0839. The molecule has 4 nitrogen and oxygen atoms in total. The minimum Gasteiger partial charge on any atom is -0.491 e. The number of epoxide rings is 1. The number of halogens is 1. The lowest BCUT2D eigenvalue weighted by Gasteiger charge is -2.21. The van der Waals surface area contributed by atoms with Crippen molar-refractivity contribution in [1.82, 2.24) is 0 Å². The number of carbonyl (C=O) groups excluding carboxylic acids is 1. The van der Waals surface area contributed by atoms with Crippen molar-refractivity contribution in [2.75, 3.05) is 18.1 Å². The summed E-state index contributed by atoms with van der Waals surface area (Å²) in [6, 6.07) is 9.12. The second-order valence-electron chi connectivity index (χ2n) is 4.69. The van der Waals surface area contributed by atoms with Gasteiger partial charge in [-0.25, -0.2) is 0 Å². The predicted octanol–water partition coefficient (Wildman–Crippen LogP) is 3.86. The van der Waals surface area contributed by atoms with Gasteiger partial charge < -0.3 is 9.47 Å². The highest BCUT2D eigenvalue weighted by Gasteiger charge is 2.23. The normalized spacial score (nSPS) is 16.6. The highest BCUT2D eigenvalue weighted by molar-refractivity contribution is 7.14. The summed E-state index contributed by atoms with van der Waals surface area (Å²) in [5.41, 5.74) is 0.654. The van der Waals surface area contributed by atoms with Crippen LogP contribution in [0.1, 0.15) is 6.92 Å². The first-order chi connectivity index (χ1) is 10.1. The zero-order valence-electron chi connectivity index (χ0n) is 11.4. The van der Waals surface area contributed by atoms with Gasteiger partial charge in [-0.3, -0.25) is 9.69 Å². The Balaban J connectivity index is 1.84. The fourth-order valence-corrected chi connectivity index (χ4v) is 2.99. The van der Waals surface area contributed by atoms with E-state index in [1.165, 1.54) is 18.3 Å². The molecule has 1 fully saturated rings. The lowest BCUT2D eigenvalue weighted by molar-refractivity contribution is -0.115. The van der Waals surface area contributed by atoms with Crippen LogP contribution in [0, 0.1) is 0 Å². The van der Waals surface area contributed by atoms with Gasteiger partial charge >= 0.3 is 0 Å². The van der Waals surface area contributed by atoms with Crippen molar-refractivity contribution in [3.63, 3.8) is 0 Å². The van der Waals surface area contributed by atoms with E-state index in [0.717, 1.165) is 11.6 Å². The molecule has 0 bridgehead atoms. The average Bonchev–Trinajstić information content (AvgIpc) is 3.13. The molecule has 3 rings (SSSR count). The number of thiophene rings is 1. The summed E-state index contributed by atoms with van der Waals surface area (Å²) in [6.45, 7) is 2.80. The molecule has 1 atom stereocenters. The van der Waals surface area contributed by atoms with Crippen LogP contribution in [0.5, 0.6) is 5.75 Å². The van der Waals surface area contributed by atoms with E-state index in [-0.39, 0.29) is 12.0 Å². The number of hydrogen-bond donors (Lipinski definition) is 0. The molecule has 1 amide bonds. The van der Waals surface area contributed by atoms with Gasteiger partial charge in [0.1, 0.15) is 23.5 Å². The molecule has 0 aliphatic carbocycles. The van der Waals surface area contributed by atoms with Crippen LogP contribution in [0.3, 0.4) is 0 Å². The van der Waals surface area contributed by atoms with Gasteiger partial charge in [-0.2, -0.15) is 0 Å². The van der Waals surface area contributed by atoms with Gasteiger partial charge in [0.15, 0.2) is 0 Å². The smallest absolute Gasteiger partial charge is 0.229 e. The summed E-state index contributed by atoms with van der Waals surface area (Å²) in [5.74, 6) is 0.591. The van der Waals surface area contributed by atoms with Crippen molar-refractivity contribution in [3.05, 3.63) is 40.7 Å². The van der Waals surface area contributed by atoms with Gasteiger partial charge in [-0.15, -0.1) is 11.3 Å². The molecule has 0 spiro atoms. The van der Waals surface area contributed by atoms with Crippen LogP contribution in [-0.4, -0.2) is 25.2 Å². The monoisotopic (exact) mass is 323 g/mol. The summed E-state index contributed by atoms with van der Waals surface area (Å²) >= 11 is 7.80. The Morgan fingerprint density at radius 2 is 2.33 bits per heavy atom. The van der Waals surface area contributed by atoms with Crippen molar-refractivity contribution in [1.29, 1.82) is 0 Å². The van der Waals surface area contributed by atoms with Gasteiger partial charge in [0.25, 0.3) is 0 Å². The van der Waals surface area contributed by atoms with Crippen molar-refractivity contribution >= 4 is 39.5 Å². The van der Waals surface area contributed by atoms with Gasteiger partial charge in [0.05, 0.1) is 17.3 Å². The van der Waals surface area contributed by atoms with E-state index < -0.39 is 0 Å². The van der Waals surface area contributed by atoms with Gasteiger partial charge in [-0.05, 0) is 29.6 Å². The molecule has 21 heavy (non-hydrogen) atoms. The Hall–Kier alpha value is -1.56. The Morgan fingerprint density at radius 3 is 2.90 bits per heavy atom. The van der Waals surface area contributed by atoms with Crippen LogP contribution in [0.15, 0.2) is 35.7 Å². The van der Waals surface area contributed by atoms with Crippen molar-refractivity contribution < 1.29 is 14.3 Å². The molecule has 1 aliphatic heterocycles. The SMILES string of the molecule is CC(=O)N(c1cccs1)c1ccc(OCC2CO2)cc1Cl. The number of amides is 1. The molecular weight excluding hydrogens is 310 g/mol. The highest BCUT2D eigenvalue weighted by atomic mass is 35.5. The van der Waals surface area contributed by atoms with Crippen LogP contribution in [0.25, 0.3) is 0 Å². The van der Waals surface area contributed by atoms with Crippen LogP contribution in [-0.2, 0) is 9.53 Å². The van der Waals surface area contributed by atoms with E-state index in [0.29, 0.717) is 23.1 Å². The van der Waals surface area contributed by atoms with E-state index in [1.807, 2.05) is 23.6 Å². The fourth-order valence-electron chi connectivity index (χ4n) is 1.95. The predicted molar refractivity (Wildman–Crippen MR) is 83.8 cm³/mol. The summed E-state index contributed by atoms with van der Waals surface area (Å²) in [5, 5.41) is 3.24. The molecule has 6 heteroatoms. The standard InChI is InChI=1S/C15H14ClNO3S/c1-10(18)17(15-3-2-6-21-15)14-5-4-11(7-13(14)16)19-8-12-9-20-12/h2-7,12H,8-9H2,1H3. The Kier molecular flexibility index (Phi) is 4.14. The zero-order valence-corrected chi connectivity index (χ0v) is 13.0. The lowest BCUT2D eigenvalue weighted by Crippen LogP contribution is -2.22. The van der Waals surface area contributed by atoms with E-state index in [1.54, 1.807) is 17.0 Å². The third kappa shape index (κ3) is 3.37. The van der Waals surface area contributed by atoms with Crippen LogP contribution in [0.2, 0.25) is 5.02 Å². The van der Waals surface area contributed by atoms with Gasteiger partial charge in [-0.1, -0.05) is 11.6 Å². The highest BCUT2D eigenvalue weighted by Crippen LogP contribution is 2.36. The number of hydrogen-bond acceptors (Lipinski definition) is 4. The molecular formula is C15H14ClNO3S. The second kappa shape index (κ2) is 6.05. The molecule has 110 valence electrons. The fraction of sp³-hybridized carbons (Fsp3) is 0.267. The first-order valence-corrected chi connectivity index (χ1v) is 7.79. The van der Waals surface area contributed by atoms with Crippen molar-refractivity contribution in [2.45, 2.75) is 13.0 Å². The van der Waals surface area contributed by atoms with E-state index in [9.17, 15) is 4.79 Å². The summed E-state index contributed by atoms with van der Waals surface area (Å²) in [6.07, 6.45) is 0.197. The topological polar surface area (TPSA) is 42.1 Å². The van der Waals surface area contributed by atoms with Crippen molar-refractivity contribution in [3.8, 4) is 5.75 Å². The average molecular weight is 324 g/mol. The molecule has 1 aromatic carbocycles. The van der Waals surface area contributed by atoms with Gasteiger partial charge in [0, 0.05) is 13.0 Å². The van der Waals surface area contributed by atoms with Crippen molar-refractivity contribution in [2.24, 2.45) is 0 Å². The quantitative estimate of drug-likeness (QED) is 0.784. The molecule has 0 radical (unpaired) electrons. The van der Waals surface area contributed by atoms with Gasteiger partial charge in [0.2, 0.25) is 5.91 Å². The number of ether oxygens (including phenoxy) is 2. The first-order valence-electron chi connectivity index (χ1n) is 6.53. The Labute approximate surface area is 131 Å². The Morgan fingerprint density at radius 1 is 1.52 bits per heavy atom. The van der Waals surface area contributed by atoms with E-state index in [4.69, 9.17) is 21.1 Å². The molecule has 2 heterocycles. The molecule has 1 aliphatic rings. The van der Waals surface area contributed by atoms with Crippen LogP contribution >= 0.6 is 22.9 Å². The second-order valence-corrected chi connectivity index (χ2v) is 6.02. The third-order valence-corrected chi connectivity index (χ3v) is 4.20. The third-order valence-electron chi connectivity index (χ3n) is 3.04. The number of rotatable bonds is 5. The maximum Gasteiger partial charge on any atom is 0.229 e. The maximum absolute atomic E-state index is 11.9. The summed E-state index contributed by atoms with van der Waals surface area (Å²) in [4.78, 5) is 13.5. The maximum atomic E-state index is 11.9. The molecule has 1 aromatic heterocycles. The molecule has 1 unspecified atom stereocenters. The summed E-state index contributed by atoms with van der Waals surface area (Å²) in [7, 11) is 0. The minimum atomic E-state index is -0.0839. The lowest BCUT2D eigenvalue weighted by atomic mass is 10.2. The summed E-state index contributed by atoms with van der Waals surface area (Å²) < 4.78 is 10.7. The van der Waals surface area contributed by atoms with E-state index >= 15 is 0 Å². The number of carbonyl (C=O) groups is 1. The zero-order chi connectivity index (χ0) is 14.8. The van der Waals surface area contributed by atoms with Crippen LogP contribution in [0.4, 0.5) is 10.7 Å². The largest absolute Gasteiger partial charge is 0.491 e. The molecule has 2 aromatic rings. The molecule has 1 saturated heterocycles.